The Balaban J connectivity index is 1.24. The van der Waals surface area contributed by atoms with Crippen LogP contribution < -0.4 is 10.9 Å². The van der Waals surface area contributed by atoms with Crippen molar-refractivity contribution < 1.29 is 4.79 Å². The van der Waals surface area contributed by atoms with Gasteiger partial charge in [0, 0.05) is 0 Å². The first-order valence-corrected chi connectivity index (χ1v) is 13.7. The molecule has 7 nitrogen and oxygen atoms in total. The van der Waals surface area contributed by atoms with Gasteiger partial charge in [0.05, 0.1) is 28.4 Å². The van der Waals surface area contributed by atoms with E-state index in [1.165, 1.54) is 11.8 Å². The number of aromatic nitrogens is 4. The Morgan fingerprint density at radius 3 is 2.23 bits per heavy atom. The molecule has 0 saturated carbocycles. The topological polar surface area (TPSA) is 81.3 Å². The molecule has 190 valence electrons. The van der Waals surface area contributed by atoms with Crippen LogP contribution in [0.1, 0.15) is 22.7 Å². The molecule has 8 heteroatoms. The summed E-state index contributed by atoms with van der Waals surface area (Å²) in [6.45, 7) is 1.96. The van der Waals surface area contributed by atoms with Crippen molar-refractivity contribution in [1.29, 1.82) is 0 Å². The van der Waals surface area contributed by atoms with Gasteiger partial charge in [0.25, 0.3) is 5.56 Å². The van der Waals surface area contributed by atoms with Gasteiger partial charge in [0.2, 0.25) is 11.7 Å². The number of carbonyl (C=O) groups excluding carboxylic acids is 1. The Hall–Kier alpha value is -4.69. The van der Waals surface area contributed by atoms with Crippen LogP contribution in [0.2, 0.25) is 0 Å². The number of fused-ring (bicyclic) bond motifs is 6. The zero-order chi connectivity index (χ0) is 26.5. The molecule has 0 saturated heterocycles. The summed E-state index contributed by atoms with van der Waals surface area (Å²) in [6, 6.07) is 31.3. The summed E-state index contributed by atoms with van der Waals surface area (Å²) in [5, 5.41) is 13.1. The summed E-state index contributed by atoms with van der Waals surface area (Å²) >= 11 is 1.30. The van der Waals surface area contributed by atoms with Crippen molar-refractivity contribution in [1.82, 2.24) is 24.5 Å². The SMILES string of the molecule is Cc1ccccc1-n1c(=O)c2ccccc2n2c(SCC(=O)NC3c4ccccc4-c4ccccc43)nnc12. The smallest absolute Gasteiger partial charge is 0.267 e. The minimum absolute atomic E-state index is 0.107. The van der Waals surface area contributed by atoms with E-state index in [-0.39, 0.29) is 23.3 Å². The predicted molar refractivity (Wildman–Crippen MR) is 153 cm³/mol. The van der Waals surface area contributed by atoms with Gasteiger partial charge in [-0.05, 0) is 52.9 Å². The van der Waals surface area contributed by atoms with E-state index in [1.807, 2.05) is 84.1 Å². The molecule has 0 radical (unpaired) electrons. The highest BCUT2D eigenvalue weighted by Crippen LogP contribution is 2.43. The molecule has 0 fully saturated rings. The largest absolute Gasteiger partial charge is 0.344 e. The third-order valence-electron chi connectivity index (χ3n) is 7.22. The van der Waals surface area contributed by atoms with E-state index < -0.39 is 0 Å². The van der Waals surface area contributed by atoms with Gasteiger partial charge in [-0.2, -0.15) is 0 Å². The summed E-state index contributed by atoms with van der Waals surface area (Å²) in [4.78, 5) is 26.8. The lowest BCUT2D eigenvalue weighted by molar-refractivity contribution is -0.119. The van der Waals surface area contributed by atoms with Crippen LogP contribution in [0, 0.1) is 6.92 Å². The number of benzene rings is 4. The summed E-state index contributed by atoms with van der Waals surface area (Å²) in [7, 11) is 0. The minimum Gasteiger partial charge on any atom is -0.344 e. The fourth-order valence-corrected chi connectivity index (χ4v) is 6.20. The quantitative estimate of drug-likeness (QED) is 0.306. The van der Waals surface area contributed by atoms with Crippen LogP contribution in [-0.2, 0) is 4.79 Å². The zero-order valence-corrected chi connectivity index (χ0v) is 21.9. The monoisotopic (exact) mass is 529 g/mol. The maximum absolute atomic E-state index is 13.6. The molecule has 1 N–H and O–H groups in total. The average Bonchev–Trinajstić information content (AvgIpc) is 3.53. The fourth-order valence-electron chi connectivity index (χ4n) is 5.45. The van der Waals surface area contributed by atoms with E-state index >= 15 is 0 Å². The predicted octanol–water partition coefficient (Wildman–Crippen LogP) is 5.32. The van der Waals surface area contributed by atoms with Gasteiger partial charge in [-0.15, -0.1) is 10.2 Å². The number of thioether (sulfide) groups is 1. The number of amides is 1. The summed E-state index contributed by atoms with van der Waals surface area (Å²) in [5.41, 5.74) is 6.73. The second-order valence-corrected chi connectivity index (χ2v) is 10.5. The van der Waals surface area contributed by atoms with Gasteiger partial charge >= 0.3 is 0 Å². The highest BCUT2D eigenvalue weighted by Gasteiger charge is 2.29. The molecule has 39 heavy (non-hydrogen) atoms. The van der Waals surface area contributed by atoms with Crippen molar-refractivity contribution in [2.75, 3.05) is 5.75 Å². The van der Waals surface area contributed by atoms with E-state index in [1.54, 1.807) is 4.57 Å². The number of carbonyl (C=O) groups is 1. The lowest BCUT2D eigenvalue weighted by atomic mass is 10.1. The van der Waals surface area contributed by atoms with Crippen LogP contribution >= 0.6 is 11.8 Å². The molecule has 0 aliphatic heterocycles. The Bertz CT molecular complexity index is 1930. The van der Waals surface area contributed by atoms with E-state index in [2.05, 4.69) is 39.8 Å². The van der Waals surface area contributed by atoms with Crippen LogP contribution in [0.4, 0.5) is 0 Å². The van der Waals surface area contributed by atoms with Crippen molar-refractivity contribution >= 4 is 34.3 Å². The highest BCUT2D eigenvalue weighted by molar-refractivity contribution is 7.99. The summed E-state index contributed by atoms with van der Waals surface area (Å²) in [5.74, 6) is 0.457. The van der Waals surface area contributed by atoms with E-state index in [0.29, 0.717) is 21.8 Å². The molecule has 4 aromatic carbocycles. The Morgan fingerprint density at radius 2 is 1.49 bits per heavy atom. The molecule has 1 aliphatic rings. The van der Waals surface area contributed by atoms with Crippen molar-refractivity contribution in [3.8, 4) is 16.8 Å². The van der Waals surface area contributed by atoms with Crippen LogP contribution in [0.15, 0.2) is 107 Å². The van der Waals surface area contributed by atoms with Crippen molar-refractivity contribution in [2.24, 2.45) is 0 Å². The van der Waals surface area contributed by atoms with E-state index in [0.717, 1.165) is 33.5 Å². The second kappa shape index (κ2) is 9.25. The van der Waals surface area contributed by atoms with Crippen molar-refractivity contribution in [3.63, 3.8) is 0 Å². The maximum Gasteiger partial charge on any atom is 0.267 e. The molecule has 0 unspecified atom stereocenters. The fraction of sp³-hybridized carbons (Fsp3) is 0.0968. The maximum atomic E-state index is 13.6. The summed E-state index contributed by atoms with van der Waals surface area (Å²) in [6.07, 6.45) is 0. The third-order valence-corrected chi connectivity index (χ3v) is 8.15. The number of nitrogens with zero attached hydrogens (tertiary/aromatic N) is 4. The van der Waals surface area contributed by atoms with Crippen LogP contribution in [-0.4, -0.2) is 30.8 Å². The first-order valence-electron chi connectivity index (χ1n) is 12.7. The van der Waals surface area contributed by atoms with Crippen molar-refractivity contribution in [2.45, 2.75) is 18.1 Å². The standard InChI is InChI=1S/C31H23N5O2S/c1-19-10-2-8-16-25(19)35-29(38)24-15-7-9-17-26(24)36-30(35)33-34-31(36)39-18-27(37)32-28-22-13-5-3-11-20(22)21-12-4-6-14-23(21)28/h2-17,28H,18H2,1H3,(H,32,37). The number of aryl methyl sites for hydroxylation is 1. The molecule has 6 aromatic rings. The molecule has 2 heterocycles. The van der Waals surface area contributed by atoms with Gasteiger partial charge in [0.1, 0.15) is 0 Å². The molecule has 0 spiro atoms. The van der Waals surface area contributed by atoms with Crippen LogP contribution in [0.5, 0.6) is 0 Å². The van der Waals surface area contributed by atoms with Crippen LogP contribution in [0.3, 0.4) is 0 Å². The normalized spacial score (nSPS) is 12.5. The highest BCUT2D eigenvalue weighted by atomic mass is 32.2. The number of hydrogen-bond acceptors (Lipinski definition) is 5. The molecular weight excluding hydrogens is 506 g/mol. The second-order valence-electron chi connectivity index (χ2n) is 9.53. The number of para-hydroxylation sites is 2. The Labute approximate surface area is 228 Å². The van der Waals surface area contributed by atoms with Gasteiger partial charge in [-0.25, -0.2) is 4.57 Å². The lowest BCUT2D eigenvalue weighted by Gasteiger charge is -2.16. The molecule has 7 rings (SSSR count). The molecule has 2 aromatic heterocycles. The Kier molecular flexibility index (Phi) is 5.56. The molecule has 0 bridgehead atoms. The van der Waals surface area contributed by atoms with E-state index in [9.17, 15) is 9.59 Å². The van der Waals surface area contributed by atoms with Gasteiger partial charge in [-0.3, -0.25) is 14.0 Å². The van der Waals surface area contributed by atoms with E-state index in [4.69, 9.17) is 0 Å². The zero-order valence-electron chi connectivity index (χ0n) is 21.0. The van der Waals surface area contributed by atoms with Crippen LogP contribution in [0.25, 0.3) is 33.5 Å². The molecule has 1 aliphatic carbocycles. The number of rotatable bonds is 5. The first kappa shape index (κ1) is 23.4. The summed E-state index contributed by atoms with van der Waals surface area (Å²) < 4.78 is 3.46. The Morgan fingerprint density at radius 1 is 0.846 bits per heavy atom. The number of hydrogen-bond donors (Lipinski definition) is 1. The van der Waals surface area contributed by atoms with Gasteiger partial charge in [0.15, 0.2) is 5.16 Å². The van der Waals surface area contributed by atoms with Gasteiger partial charge in [-0.1, -0.05) is 90.6 Å². The van der Waals surface area contributed by atoms with Crippen molar-refractivity contribution in [3.05, 3.63) is 124 Å². The minimum atomic E-state index is -0.201. The lowest BCUT2D eigenvalue weighted by Crippen LogP contribution is -2.29. The average molecular weight is 530 g/mol. The number of nitrogens with one attached hydrogen (secondary N) is 1. The third kappa shape index (κ3) is 3.75. The molecule has 0 atom stereocenters. The first-order chi connectivity index (χ1) is 19.1. The van der Waals surface area contributed by atoms with Gasteiger partial charge < -0.3 is 5.32 Å². The molecule has 1 amide bonds. The molecular formula is C31H23N5O2S.